The highest BCUT2D eigenvalue weighted by atomic mass is 35.5. The van der Waals surface area contributed by atoms with Crippen molar-refractivity contribution in [1.29, 1.82) is 0 Å². The van der Waals surface area contributed by atoms with Gasteiger partial charge in [-0.2, -0.15) is 0 Å². The Labute approximate surface area is 260 Å². The van der Waals surface area contributed by atoms with Gasteiger partial charge in [-0.1, -0.05) is 23.7 Å². The smallest absolute Gasteiger partial charge is 0.335 e. The van der Waals surface area contributed by atoms with E-state index in [2.05, 4.69) is 15.5 Å². The predicted octanol–water partition coefficient (Wildman–Crippen LogP) is 6.03. The zero-order valence-electron chi connectivity index (χ0n) is 24.7. The molecule has 0 radical (unpaired) electrons. The van der Waals surface area contributed by atoms with Gasteiger partial charge in [0.1, 0.15) is 5.82 Å². The molecule has 1 N–H and O–H groups in total. The molecule has 0 spiro atoms. The largest absolute Gasteiger partial charge is 0.478 e. The number of hydrogen-bond donors (Lipinski definition) is 1. The van der Waals surface area contributed by atoms with Crippen molar-refractivity contribution in [1.82, 2.24) is 19.4 Å². The van der Waals surface area contributed by atoms with Crippen molar-refractivity contribution in [3.05, 3.63) is 88.2 Å². The van der Waals surface area contributed by atoms with E-state index >= 15 is 0 Å². The number of carboxylic acids is 1. The highest BCUT2D eigenvalue weighted by Crippen LogP contribution is 2.49. The highest BCUT2D eigenvalue weighted by molar-refractivity contribution is 6.30. The number of imidazole rings is 1. The molecule has 2 fully saturated rings. The Bertz CT molecular complexity index is 1730. The summed E-state index contributed by atoms with van der Waals surface area (Å²) >= 11 is 6.11. The zero-order valence-corrected chi connectivity index (χ0v) is 25.4. The normalized spacial score (nSPS) is 20.6. The molecule has 1 atom stereocenters. The minimum atomic E-state index is -0.965. The molecule has 3 aliphatic heterocycles. The van der Waals surface area contributed by atoms with Gasteiger partial charge in [-0.3, -0.25) is 9.69 Å². The van der Waals surface area contributed by atoms with Crippen molar-refractivity contribution < 1.29 is 24.2 Å². The summed E-state index contributed by atoms with van der Waals surface area (Å²) in [6.07, 6.45) is 3.40. The Hall–Kier alpha value is -4.08. The molecule has 1 unspecified atom stereocenters. The number of carbonyl (C=O) groups excluding carboxylic acids is 1. The number of carboxylic acid groups (broad SMARTS) is 1. The number of carbonyl (C=O) groups is 2. The number of fused-ring (bicyclic) bond motifs is 2. The first-order valence-electron chi connectivity index (χ1n) is 15.3. The van der Waals surface area contributed by atoms with Crippen LogP contribution in [0.5, 0.6) is 11.5 Å². The number of amides is 1. The lowest BCUT2D eigenvalue weighted by Gasteiger charge is -2.32. The van der Waals surface area contributed by atoms with Gasteiger partial charge in [0.2, 0.25) is 5.91 Å². The summed E-state index contributed by atoms with van der Waals surface area (Å²) in [5, 5.41) is 10.3. The molecule has 4 heterocycles. The van der Waals surface area contributed by atoms with E-state index < -0.39 is 11.8 Å². The van der Waals surface area contributed by atoms with Crippen LogP contribution < -0.4 is 9.47 Å². The molecule has 2 saturated heterocycles. The topological polar surface area (TPSA) is 97.1 Å². The fraction of sp³-hybridized carbons (Fsp3) is 0.382. The van der Waals surface area contributed by atoms with Crippen molar-refractivity contribution in [3.63, 3.8) is 0 Å². The van der Waals surface area contributed by atoms with Gasteiger partial charge >= 0.3 is 5.97 Å². The lowest BCUT2D eigenvalue weighted by atomic mass is 9.88. The number of nitrogens with zero attached hydrogens (tertiary/aromatic N) is 4. The van der Waals surface area contributed by atoms with E-state index in [1.54, 1.807) is 18.2 Å². The third kappa shape index (κ3) is 5.39. The lowest BCUT2D eigenvalue weighted by Crippen LogP contribution is -2.34. The third-order valence-corrected chi connectivity index (χ3v) is 9.46. The number of benzene rings is 3. The first kappa shape index (κ1) is 28.7. The third-order valence-electron chi connectivity index (χ3n) is 9.21. The average Bonchev–Trinajstić information content (AvgIpc) is 3.70. The Morgan fingerprint density at radius 2 is 1.84 bits per heavy atom. The minimum absolute atomic E-state index is 0.180. The minimum Gasteiger partial charge on any atom is -0.478 e. The van der Waals surface area contributed by atoms with Gasteiger partial charge in [0.05, 0.1) is 23.1 Å². The molecule has 3 aromatic carbocycles. The summed E-state index contributed by atoms with van der Waals surface area (Å²) < 4.78 is 15.0. The Balaban J connectivity index is 1.07. The Kier molecular flexibility index (Phi) is 7.46. The van der Waals surface area contributed by atoms with Crippen LogP contribution in [-0.2, 0) is 23.7 Å². The number of ether oxygens (including phenoxy) is 2. The second kappa shape index (κ2) is 11.4. The van der Waals surface area contributed by atoms with Crippen molar-refractivity contribution in [2.24, 2.45) is 0 Å². The van der Waals surface area contributed by atoms with Crippen molar-refractivity contribution in [3.8, 4) is 11.5 Å². The van der Waals surface area contributed by atoms with Crippen molar-refractivity contribution >= 4 is 34.5 Å². The van der Waals surface area contributed by atoms with Gasteiger partial charge < -0.3 is 24.0 Å². The number of likely N-dealkylation sites (tertiary alicyclic amines) is 2. The van der Waals surface area contributed by atoms with Crippen LogP contribution in [-0.4, -0.2) is 62.5 Å². The molecule has 1 amide bonds. The van der Waals surface area contributed by atoms with Crippen LogP contribution in [0.15, 0.2) is 60.7 Å². The van der Waals surface area contributed by atoms with Crippen LogP contribution in [0.25, 0.3) is 11.0 Å². The van der Waals surface area contributed by atoms with Crippen LogP contribution >= 0.6 is 11.6 Å². The van der Waals surface area contributed by atoms with Gasteiger partial charge in [0.15, 0.2) is 11.5 Å². The summed E-state index contributed by atoms with van der Waals surface area (Å²) in [6, 6.07) is 18.8. The standard InChI is InChI=1S/C34H35ClN4O5/c1-34(24-8-10-25(35)11-9-24)43-29-5-2-4-26(32(29)44-34)22-13-16-37(17-14-22)21-30-36-27-12-7-23(33(41)42)20-28(27)39(30)19-18-38-15-3-6-31(38)40/h2,4-5,7-12,20,22H,3,6,13-19,21H2,1H3,(H,41,42). The second-order valence-electron chi connectivity index (χ2n) is 12.1. The average molecular weight is 615 g/mol. The summed E-state index contributed by atoms with van der Waals surface area (Å²) in [4.78, 5) is 33.2. The lowest BCUT2D eigenvalue weighted by molar-refractivity contribution is -0.127. The first-order chi connectivity index (χ1) is 21.3. The van der Waals surface area contributed by atoms with Crippen LogP contribution in [0.4, 0.5) is 0 Å². The maximum absolute atomic E-state index is 12.3. The van der Waals surface area contributed by atoms with Crippen LogP contribution in [0, 0.1) is 0 Å². The van der Waals surface area contributed by atoms with E-state index in [0.29, 0.717) is 37.0 Å². The van der Waals surface area contributed by atoms with Crippen LogP contribution in [0.3, 0.4) is 0 Å². The molecule has 7 rings (SSSR count). The molecule has 9 nitrogen and oxygen atoms in total. The molecular weight excluding hydrogens is 580 g/mol. The van der Waals surface area contributed by atoms with Gasteiger partial charge in [-0.25, -0.2) is 9.78 Å². The Morgan fingerprint density at radius 3 is 2.57 bits per heavy atom. The summed E-state index contributed by atoms with van der Waals surface area (Å²) in [7, 11) is 0. The molecule has 0 bridgehead atoms. The maximum Gasteiger partial charge on any atom is 0.335 e. The van der Waals surface area contributed by atoms with E-state index in [1.165, 1.54) is 5.56 Å². The van der Waals surface area contributed by atoms with E-state index in [1.807, 2.05) is 48.2 Å². The van der Waals surface area contributed by atoms with Gasteiger partial charge in [-0.15, -0.1) is 0 Å². The number of para-hydroxylation sites is 1. The molecule has 10 heteroatoms. The number of halogens is 1. The van der Waals surface area contributed by atoms with Crippen LogP contribution in [0.2, 0.25) is 5.02 Å². The summed E-state index contributed by atoms with van der Waals surface area (Å²) in [5.41, 5.74) is 3.88. The second-order valence-corrected chi connectivity index (χ2v) is 12.5. The van der Waals surface area contributed by atoms with E-state index in [0.717, 1.165) is 72.8 Å². The molecule has 0 saturated carbocycles. The monoisotopic (exact) mass is 614 g/mol. The van der Waals surface area contributed by atoms with Crippen molar-refractivity contribution in [2.45, 2.75) is 57.4 Å². The number of aromatic nitrogens is 2. The van der Waals surface area contributed by atoms with Gasteiger partial charge in [-0.05, 0) is 86.8 Å². The van der Waals surface area contributed by atoms with Crippen LogP contribution in [0.1, 0.15) is 65.8 Å². The zero-order chi connectivity index (χ0) is 30.4. The molecule has 3 aliphatic rings. The van der Waals surface area contributed by atoms with Crippen molar-refractivity contribution in [2.75, 3.05) is 26.2 Å². The molecule has 228 valence electrons. The van der Waals surface area contributed by atoms with Gasteiger partial charge in [0, 0.05) is 49.1 Å². The Morgan fingerprint density at radius 1 is 1.05 bits per heavy atom. The molecular formula is C34H35ClN4O5. The molecule has 44 heavy (non-hydrogen) atoms. The fourth-order valence-corrected chi connectivity index (χ4v) is 6.90. The number of aromatic carboxylic acids is 1. The summed E-state index contributed by atoms with van der Waals surface area (Å²) in [6.45, 7) is 6.30. The highest BCUT2D eigenvalue weighted by Gasteiger charge is 2.41. The number of rotatable bonds is 8. The molecule has 4 aromatic rings. The fourth-order valence-electron chi connectivity index (χ4n) is 6.78. The maximum atomic E-state index is 12.3. The SMILES string of the molecule is CC1(c2ccc(Cl)cc2)Oc2cccc(C3CCN(Cc4nc5ccc(C(=O)O)cc5n4CCN4CCCC4=O)CC3)c2O1. The first-order valence-corrected chi connectivity index (χ1v) is 15.6. The number of hydrogen-bond acceptors (Lipinski definition) is 6. The van der Waals surface area contributed by atoms with Gasteiger partial charge in [0.25, 0.3) is 5.79 Å². The van der Waals surface area contributed by atoms with E-state index in [9.17, 15) is 14.7 Å². The van der Waals surface area contributed by atoms with E-state index in [-0.39, 0.29) is 11.5 Å². The predicted molar refractivity (Wildman–Crippen MR) is 166 cm³/mol. The number of piperidine rings is 1. The summed E-state index contributed by atoms with van der Waals surface area (Å²) in [5.74, 6) is 1.10. The quantitative estimate of drug-likeness (QED) is 0.259. The van der Waals surface area contributed by atoms with E-state index in [4.69, 9.17) is 26.1 Å². The molecule has 1 aromatic heterocycles. The molecule has 0 aliphatic carbocycles.